The summed E-state index contributed by atoms with van der Waals surface area (Å²) in [5.74, 6) is 2.55. The molecule has 1 atom stereocenters. The van der Waals surface area contributed by atoms with E-state index < -0.39 is 6.10 Å². The van der Waals surface area contributed by atoms with Crippen LogP contribution in [-0.2, 0) is 4.79 Å². The minimum Gasteiger partial charge on any atom is -0.481 e. The molecule has 1 fully saturated rings. The summed E-state index contributed by atoms with van der Waals surface area (Å²) < 4.78 is 5.62. The van der Waals surface area contributed by atoms with Crippen molar-refractivity contribution in [2.24, 2.45) is 0 Å². The standard InChI is InChI=1S/C14H16N2O2S/c1-11(14(17)16-5-7-19-8-6-16)18-13-4-2-3-12(9-13)10-15/h2-4,9,11H,5-8H2,1H3. The van der Waals surface area contributed by atoms with E-state index in [-0.39, 0.29) is 5.91 Å². The molecule has 1 aliphatic rings. The molecule has 1 aromatic carbocycles. The molecule has 0 N–H and O–H groups in total. The van der Waals surface area contributed by atoms with Gasteiger partial charge in [-0.05, 0) is 25.1 Å². The minimum atomic E-state index is -0.517. The molecule has 1 aliphatic heterocycles. The van der Waals surface area contributed by atoms with E-state index in [1.54, 1.807) is 31.2 Å². The molecular formula is C14H16N2O2S. The molecule has 1 heterocycles. The Morgan fingerprint density at radius 1 is 1.47 bits per heavy atom. The number of thioether (sulfide) groups is 1. The number of hydrogen-bond donors (Lipinski definition) is 0. The van der Waals surface area contributed by atoms with Crippen LogP contribution in [0.3, 0.4) is 0 Å². The molecule has 1 unspecified atom stereocenters. The second kappa shape index (κ2) is 6.48. The molecule has 0 aliphatic carbocycles. The number of carbonyl (C=O) groups excluding carboxylic acids is 1. The third-order valence-electron chi connectivity index (χ3n) is 2.95. The molecule has 1 amide bonds. The summed E-state index contributed by atoms with van der Waals surface area (Å²) in [7, 11) is 0. The van der Waals surface area contributed by atoms with Crippen molar-refractivity contribution in [3.05, 3.63) is 29.8 Å². The number of nitriles is 1. The van der Waals surface area contributed by atoms with Crippen molar-refractivity contribution in [1.82, 2.24) is 4.90 Å². The zero-order chi connectivity index (χ0) is 13.7. The average molecular weight is 276 g/mol. The predicted octanol–water partition coefficient (Wildman–Crippen LogP) is 1.90. The normalized spacial score (nSPS) is 16.5. The fraction of sp³-hybridized carbons (Fsp3) is 0.429. The van der Waals surface area contributed by atoms with E-state index in [0.29, 0.717) is 11.3 Å². The highest BCUT2D eigenvalue weighted by Crippen LogP contribution is 2.16. The number of benzene rings is 1. The van der Waals surface area contributed by atoms with Crippen LogP contribution in [0.5, 0.6) is 5.75 Å². The van der Waals surface area contributed by atoms with Gasteiger partial charge in [0.2, 0.25) is 0 Å². The summed E-state index contributed by atoms with van der Waals surface area (Å²) in [6.45, 7) is 3.33. The van der Waals surface area contributed by atoms with Gasteiger partial charge in [0, 0.05) is 24.6 Å². The highest BCUT2D eigenvalue weighted by atomic mass is 32.2. The lowest BCUT2D eigenvalue weighted by Crippen LogP contribution is -2.44. The molecule has 1 aromatic rings. The molecule has 0 aromatic heterocycles. The lowest BCUT2D eigenvalue weighted by molar-refractivity contribution is -0.137. The third kappa shape index (κ3) is 3.65. The number of nitrogens with zero attached hydrogens (tertiary/aromatic N) is 2. The SMILES string of the molecule is CC(Oc1cccc(C#N)c1)C(=O)N1CCSCC1. The lowest BCUT2D eigenvalue weighted by Gasteiger charge is -2.29. The quantitative estimate of drug-likeness (QED) is 0.846. The van der Waals surface area contributed by atoms with Crippen LogP contribution in [0.1, 0.15) is 12.5 Å². The summed E-state index contributed by atoms with van der Waals surface area (Å²) in [6.07, 6.45) is -0.517. The maximum Gasteiger partial charge on any atom is 0.263 e. The van der Waals surface area contributed by atoms with Gasteiger partial charge < -0.3 is 9.64 Å². The van der Waals surface area contributed by atoms with Gasteiger partial charge in [-0.15, -0.1) is 0 Å². The van der Waals surface area contributed by atoms with E-state index >= 15 is 0 Å². The van der Waals surface area contributed by atoms with Crippen LogP contribution in [0.2, 0.25) is 0 Å². The van der Waals surface area contributed by atoms with Crippen LogP contribution in [0.15, 0.2) is 24.3 Å². The molecular weight excluding hydrogens is 260 g/mol. The van der Waals surface area contributed by atoms with Gasteiger partial charge >= 0.3 is 0 Å². The van der Waals surface area contributed by atoms with E-state index in [1.807, 2.05) is 16.7 Å². The second-order valence-electron chi connectivity index (χ2n) is 4.34. The smallest absolute Gasteiger partial charge is 0.263 e. The van der Waals surface area contributed by atoms with Crippen molar-refractivity contribution in [3.63, 3.8) is 0 Å². The van der Waals surface area contributed by atoms with Gasteiger partial charge in [-0.2, -0.15) is 17.0 Å². The Morgan fingerprint density at radius 2 is 2.21 bits per heavy atom. The zero-order valence-electron chi connectivity index (χ0n) is 10.8. The molecule has 2 rings (SSSR count). The number of amides is 1. The Morgan fingerprint density at radius 3 is 2.89 bits per heavy atom. The van der Waals surface area contributed by atoms with Crippen molar-refractivity contribution >= 4 is 17.7 Å². The monoisotopic (exact) mass is 276 g/mol. The van der Waals surface area contributed by atoms with Crippen LogP contribution in [0.4, 0.5) is 0 Å². The van der Waals surface area contributed by atoms with Crippen LogP contribution >= 0.6 is 11.8 Å². The van der Waals surface area contributed by atoms with Crippen LogP contribution in [0, 0.1) is 11.3 Å². The molecule has 1 saturated heterocycles. The Hall–Kier alpha value is -1.67. The van der Waals surface area contributed by atoms with E-state index in [4.69, 9.17) is 10.00 Å². The Balaban J connectivity index is 1.97. The summed E-state index contributed by atoms with van der Waals surface area (Å²) in [5.41, 5.74) is 0.534. The Labute approximate surface area is 117 Å². The van der Waals surface area contributed by atoms with Crippen molar-refractivity contribution in [1.29, 1.82) is 5.26 Å². The first-order chi connectivity index (χ1) is 9.20. The Bertz CT molecular complexity index is 492. The van der Waals surface area contributed by atoms with Gasteiger partial charge in [-0.3, -0.25) is 4.79 Å². The van der Waals surface area contributed by atoms with Gasteiger partial charge in [0.05, 0.1) is 11.6 Å². The molecule has 0 saturated carbocycles. The van der Waals surface area contributed by atoms with Gasteiger partial charge in [0.25, 0.3) is 5.91 Å². The summed E-state index contributed by atoms with van der Waals surface area (Å²) >= 11 is 1.87. The molecule has 100 valence electrons. The van der Waals surface area contributed by atoms with Crippen molar-refractivity contribution in [3.8, 4) is 11.8 Å². The molecule has 0 spiro atoms. The van der Waals surface area contributed by atoms with Crippen molar-refractivity contribution in [2.75, 3.05) is 24.6 Å². The molecule has 0 radical (unpaired) electrons. The number of rotatable bonds is 3. The van der Waals surface area contributed by atoms with E-state index in [1.165, 1.54) is 0 Å². The molecule has 0 bridgehead atoms. The van der Waals surface area contributed by atoms with Gasteiger partial charge in [-0.1, -0.05) is 6.07 Å². The number of ether oxygens (including phenoxy) is 1. The van der Waals surface area contributed by atoms with Gasteiger partial charge in [0.15, 0.2) is 6.10 Å². The van der Waals surface area contributed by atoms with Crippen LogP contribution < -0.4 is 4.74 Å². The fourth-order valence-electron chi connectivity index (χ4n) is 1.93. The van der Waals surface area contributed by atoms with Gasteiger partial charge in [0.1, 0.15) is 5.75 Å². The van der Waals surface area contributed by atoms with Crippen molar-refractivity contribution in [2.45, 2.75) is 13.0 Å². The third-order valence-corrected chi connectivity index (χ3v) is 3.89. The van der Waals surface area contributed by atoms with E-state index in [9.17, 15) is 4.79 Å². The summed E-state index contributed by atoms with van der Waals surface area (Å²) in [5, 5.41) is 8.83. The first-order valence-corrected chi connectivity index (χ1v) is 7.39. The largest absolute Gasteiger partial charge is 0.481 e. The lowest BCUT2D eigenvalue weighted by atomic mass is 10.2. The maximum absolute atomic E-state index is 12.2. The van der Waals surface area contributed by atoms with Gasteiger partial charge in [-0.25, -0.2) is 0 Å². The van der Waals surface area contributed by atoms with Crippen molar-refractivity contribution < 1.29 is 9.53 Å². The second-order valence-corrected chi connectivity index (χ2v) is 5.56. The minimum absolute atomic E-state index is 0.0164. The summed E-state index contributed by atoms with van der Waals surface area (Å²) in [4.78, 5) is 14.0. The topological polar surface area (TPSA) is 53.3 Å². The fourth-order valence-corrected chi connectivity index (χ4v) is 2.84. The summed E-state index contributed by atoms with van der Waals surface area (Å²) in [6, 6.07) is 8.93. The highest BCUT2D eigenvalue weighted by Gasteiger charge is 2.23. The molecule has 19 heavy (non-hydrogen) atoms. The van der Waals surface area contributed by atoms with Crippen LogP contribution in [0.25, 0.3) is 0 Å². The first-order valence-electron chi connectivity index (χ1n) is 6.24. The van der Waals surface area contributed by atoms with Crippen LogP contribution in [-0.4, -0.2) is 41.5 Å². The highest BCUT2D eigenvalue weighted by molar-refractivity contribution is 7.99. The zero-order valence-corrected chi connectivity index (χ0v) is 11.7. The van der Waals surface area contributed by atoms with E-state index in [0.717, 1.165) is 24.6 Å². The van der Waals surface area contributed by atoms with E-state index in [2.05, 4.69) is 6.07 Å². The average Bonchev–Trinajstić information content (AvgIpc) is 2.47. The number of carbonyl (C=O) groups is 1. The number of hydrogen-bond acceptors (Lipinski definition) is 4. The maximum atomic E-state index is 12.2. The molecule has 5 heteroatoms. The predicted molar refractivity (Wildman–Crippen MR) is 75.2 cm³/mol. The Kier molecular flexibility index (Phi) is 4.69. The first kappa shape index (κ1) is 13.8. The molecule has 4 nitrogen and oxygen atoms in total.